The summed E-state index contributed by atoms with van der Waals surface area (Å²) in [6, 6.07) is 6.25. The first-order chi connectivity index (χ1) is 9.41. The molecule has 1 heterocycles. The van der Waals surface area contributed by atoms with Crippen LogP contribution in [0.15, 0.2) is 29.3 Å². The molecular weight excluding hydrogens is 279 g/mol. The van der Waals surface area contributed by atoms with Crippen LogP contribution < -0.4 is 4.80 Å². The molecule has 6 heteroatoms. The first-order valence-corrected chi connectivity index (χ1v) is 6.92. The number of aliphatic carboxylic acids is 1. The van der Waals surface area contributed by atoms with E-state index in [2.05, 4.69) is 4.99 Å². The lowest BCUT2D eigenvalue weighted by molar-refractivity contribution is -0.138. The van der Waals surface area contributed by atoms with Crippen molar-refractivity contribution in [3.05, 3.63) is 45.5 Å². The number of carbonyl (C=O) groups is 1. The van der Waals surface area contributed by atoms with E-state index in [9.17, 15) is 9.18 Å². The van der Waals surface area contributed by atoms with E-state index in [0.29, 0.717) is 4.80 Å². The number of halogens is 1. The Labute approximate surface area is 119 Å². The molecule has 106 valence electrons. The summed E-state index contributed by atoms with van der Waals surface area (Å²) in [5.74, 6) is -1.88. The average Bonchev–Trinajstić information content (AvgIpc) is 2.69. The van der Waals surface area contributed by atoms with Crippen molar-refractivity contribution in [2.24, 2.45) is 12.0 Å². The number of hydrogen-bond donors (Lipinski definition) is 1. The van der Waals surface area contributed by atoms with Crippen LogP contribution in [0.3, 0.4) is 0 Å². The summed E-state index contributed by atoms with van der Waals surface area (Å²) in [6.07, 6.45) is 0. The number of benzene rings is 1. The van der Waals surface area contributed by atoms with Gasteiger partial charge >= 0.3 is 5.97 Å². The smallest absolute Gasteiger partial charge is 0.311 e. The standard InChI is InChI=1S/C14H15FN2O2S/c1-8(13(18)19)12-9(2)17(3)14(20-12)16-11-7-5-4-6-10(11)15/h4-8H,1-3H3,(H,18,19). The lowest BCUT2D eigenvalue weighted by atomic mass is 10.1. The van der Waals surface area contributed by atoms with E-state index in [1.54, 1.807) is 36.7 Å². The Kier molecular flexibility index (Phi) is 4.04. The molecule has 20 heavy (non-hydrogen) atoms. The van der Waals surface area contributed by atoms with Gasteiger partial charge in [0, 0.05) is 17.6 Å². The lowest BCUT2D eigenvalue weighted by Crippen LogP contribution is -2.11. The Bertz CT molecular complexity index is 718. The predicted molar refractivity (Wildman–Crippen MR) is 75.7 cm³/mol. The molecule has 1 unspecified atom stereocenters. The van der Waals surface area contributed by atoms with Gasteiger partial charge in [-0.25, -0.2) is 9.38 Å². The number of rotatable bonds is 3. The number of nitrogens with zero attached hydrogens (tertiary/aromatic N) is 2. The minimum absolute atomic E-state index is 0.249. The predicted octanol–water partition coefficient (Wildman–Crippen LogP) is 2.95. The van der Waals surface area contributed by atoms with Crippen molar-refractivity contribution in [1.29, 1.82) is 0 Å². The third kappa shape index (κ3) is 2.65. The largest absolute Gasteiger partial charge is 0.481 e. The Hall–Kier alpha value is -1.95. The lowest BCUT2D eigenvalue weighted by Gasteiger charge is -2.04. The van der Waals surface area contributed by atoms with Crippen LogP contribution >= 0.6 is 11.3 Å². The molecular formula is C14H15FN2O2S. The summed E-state index contributed by atoms with van der Waals surface area (Å²) in [7, 11) is 1.80. The van der Waals surface area contributed by atoms with Gasteiger partial charge in [0.25, 0.3) is 0 Å². The molecule has 0 amide bonds. The second-order valence-electron chi connectivity index (χ2n) is 4.52. The molecule has 0 aliphatic heterocycles. The molecule has 0 radical (unpaired) electrons. The van der Waals surface area contributed by atoms with Crippen LogP contribution in [0.25, 0.3) is 0 Å². The Morgan fingerprint density at radius 3 is 2.70 bits per heavy atom. The van der Waals surface area contributed by atoms with Crippen molar-refractivity contribution >= 4 is 23.0 Å². The van der Waals surface area contributed by atoms with Crippen molar-refractivity contribution in [3.8, 4) is 0 Å². The first kappa shape index (κ1) is 14.5. The van der Waals surface area contributed by atoms with E-state index in [1.807, 2.05) is 6.92 Å². The summed E-state index contributed by atoms with van der Waals surface area (Å²) in [6.45, 7) is 3.47. The van der Waals surface area contributed by atoms with Crippen LogP contribution in [0, 0.1) is 12.7 Å². The number of thiazole rings is 1. The monoisotopic (exact) mass is 294 g/mol. The molecule has 0 aliphatic rings. The van der Waals surface area contributed by atoms with Gasteiger partial charge in [-0.2, -0.15) is 0 Å². The number of carboxylic acid groups (broad SMARTS) is 1. The maximum absolute atomic E-state index is 13.6. The molecule has 1 atom stereocenters. The molecule has 2 rings (SSSR count). The van der Waals surface area contributed by atoms with E-state index in [0.717, 1.165) is 10.6 Å². The topological polar surface area (TPSA) is 54.6 Å². The molecule has 0 fully saturated rings. The average molecular weight is 294 g/mol. The van der Waals surface area contributed by atoms with E-state index in [4.69, 9.17) is 5.11 Å². The fourth-order valence-electron chi connectivity index (χ4n) is 1.81. The molecule has 4 nitrogen and oxygen atoms in total. The van der Waals surface area contributed by atoms with Crippen LogP contribution in [0.2, 0.25) is 0 Å². The van der Waals surface area contributed by atoms with Crippen LogP contribution in [0.4, 0.5) is 10.1 Å². The Balaban J connectivity index is 2.57. The highest BCUT2D eigenvalue weighted by atomic mass is 32.1. The van der Waals surface area contributed by atoms with Crippen molar-refractivity contribution in [2.75, 3.05) is 0 Å². The van der Waals surface area contributed by atoms with Gasteiger partial charge in [0.05, 0.1) is 5.92 Å². The van der Waals surface area contributed by atoms with E-state index >= 15 is 0 Å². The summed E-state index contributed by atoms with van der Waals surface area (Å²) >= 11 is 1.27. The van der Waals surface area contributed by atoms with Crippen molar-refractivity contribution in [2.45, 2.75) is 19.8 Å². The second kappa shape index (κ2) is 5.58. The van der Waals surface area contributed by atoms with Gasteiger partial charge in [0.2, 0.25) is 0 Å². The molecule has 1 aromatic carbocycles. The second-order valence-corrected chi connectivity index (χ2v) is 5.53. The van der Waals surface area contributed by atoms with E-state index in [1.165, 1.54) is 17.4 Å². The van der Waals surface area contributed by atoms with Crippen molar-refractivity contribution in [1.82, 2.24) is 4.57 Å². The highest BCUT2D eigenvalue weighted by molar-refractivity contribution is 7.09. The molecule has 0 bridgehead atoms. The van der Waals surface area contributed by atoms with Gasteiger partial charge in [-0.1, -0.05) is 12.1 Å². The summed E-state index contributed by atoms with van der Waals surface area (Å²) in [5.41, 5.74) is 1.08. The fourth-order valence-corrected chi connectivity index (χ4v) is 2.98. The van der Waals surface area contributed by atoms with Crippen LogP contribution in [-0.2, 0) is 11.8 Å². The zero-order valence-electron chi connectivity index (χ0n) is 11.4. The number of aromatic nitrogens is 1. The molecule has 0 spiro atoms. The Morgan fingerprint density at radius 1 is 1.45 bits per heavy atom. The molecule has 0 saturated heterocycles. The van der Waals surface area contributed by atoms with Gasteiger partial charge in [0.1, 0.15) is 11.5 Å². The van der Waals surface area contributed by atoms with Gasteiger partial charge < -0.3 is 9.67 Å². The van der Waals surface area contributed by atoms with Gasteiger partial charge in [-0.15, -0.1) is 11.3 Å². The molecule has 1 N–H and O–H groups in total. The summed E-state index contributed by atoms with van der Waals surface area (Å²) < 4.78 is 15.4. The van der Waals surface area contributed by atoms with Crippen LogP contribution in [-0.4, -0.2) is 15.6 Å². The summed E-state index contributed by atoms with van der Waals surface area (Å²) in [5, 5.41) is 9.10. The van der Waals surface area contributed by atoms with E-state index < -0.39 is 17.7 Å². The zero-order chi connectivity index (χ0) is 14.9. The Morgan fingerprint density at radius 2 is 2.10 bits per heavy atom. The van der Waals surface area contributed by atoms with Crippen LogP contribution in [0.5, 0.6) is 0 Å². The maximum atomic E-state index is 13.6. The molecule has 0 saturated carbocycles. The highest BCUT2D eigenvalue weighted by Crippen LogP contribution is 2.23. The molecule has 1 aromatic heterocycles. The third-order valence-electron chi connectivity index (χ3n) is 3.18. The van der Waals surface area contributed by atoms with Crippen LogP contribution in [0.1, 0.15) is 23.4 Å². The number of carboxylic acids is 1. The third-order valence-corrected chi connectivity index (χ3v) is 4.60. The molecule has 2 aromatic rings. The van der Waals surface area contributed by atoms with Gasteiger partial charge in [-0.05, 0) is 26.0 Å². The van der Waals surface area contributed by atoms with E-state index in [-0.39, 0.29) is 5.69 Å². The fraction of sp³-hybridized carbons (Fsp3) is 0.286. The SMILES string of the molecule is Cc1c(C(C)C(=O)O)sc(=Nc2ccccc2F)n1C. The van der Waals surface area contributed by atoms with Crippen molar-refractivity contribution in [3.63, 3.8) is 0 Å². The minimum atomic E-state index is -0.882. The first-order valence-electron chi connectivity index (χ1n) is 6.10. The zero-order valence-corrected chi connectivity index (χ0v) is 12.2. The minimum Gasteiger partial charge on any atom is -0.481 e. The van der Waals surface area contributed by atoms with Crippen molar-refractivity contribution < 1.29 is 14.3 Å². The quantitative estimate of drug-likeness (QED) is 0.946. The number of para-hydroxylation sites is 1. The summed E-state index contributed by atoms with van der Waals surface area (Å²) in [4.78, 5) is 16.7. The highest BCUT2D eigenvalue weighted by Gasteiger charge is 2.20. The number of hydrogen-bond acceptors (Lipinski definition) is 3. The van der Waals surface area contributed by atoms with Gasteiger partial charge in [-0.3, -0.25) is 4.79 Å². The maximum Gasteiger partial charge on any atom is 0.311 e. The van der Waals surface area contributed by atoms with Gasteiger partial charge in [0.15, 0.2) is 4.80 Å². The normalized spacial score (nSPS) is 13.5. The molecule has 0 aliphatic carbocycles.